The van der Waals surface area contributed by atoms with Gasteiger partial charge in [0.15, 0.2) is 0 Å². The zero-order chi connectivity index (χ0) is 23.1. The highest BCUT2D eigenvalue weighted by Crippen LogP contribution is 2.45. The van der Waals surface area contributed by atoms with E-state index < -0.39 is 10.0 Å². The van der Waals surface area contributed by atoms with E-state index >= 15 is 0 Å². The summed E-state index contributed by atoms with van der Waals surface area (Å²) in [5, 5.41) is 0. The van der Waals surface area contributed by atoms with Crippen molar-refractivity contribution in [3.05, 3.63) is 64.1 Å². The van der Waals surface area contributed by atoms with Crippen molar-refractivity contribution >= 4 is 43.6 Å². The first-order valence-corrected chi connectivity index (χ1v) is 14.1. The molecule has 0 aromatic heterocycles. The molecule has 2 saturated heterocycles. The number of rotatable bonds is 3. The van der Waals surface area contributed by atoms with Crippen molar-refractivity contribution in [1.29, 1.82) is 0 Å². The normalized spacial score (nSPS) is 19.4. The Morgan fingerprint density at radius 1 is 0.969 bits per heavy atom. The third-order valence-corrected chi connectivity index (χ3v) is 10.4. The second kappa shape index (κ2) is 8.78. The van der Waals surface area contributed by atoms with Crippen molar-refractivity contribution < 1.29 is 13.2 Å². The molecule has 2 fully saturated rings. The minimum Gasteiger partial charge on any atom is -0.323 e. The number of carbonyl (C=O) groups excluding carboxylic acids is 1. The summed E-state index contributed by atoms with van der Waals surface area (Å²) in [7, 11) is -3.55. The minimum absolute atomic E-state index is 0.0235. The first-order chi connectivity index (χ1) is 15.0. The van der Waals surface area contributed by atoms with Crippen molar-refractivity contribution in [3.63, 3.8) is 0 Å². The summed E-state index contributed by atoms with van der Waals surface area (Å²) in [4.78, 5) is 15.2. The molecule has 2 aromatic rings. The molecule has 0 bridgehead atoms. The van der Waals surface area contributed by atoms with E-state index in [0.29, 0.717) is 42.9 Å². The van der Waals surface area contributed by atoms with Gasteiger partial charge < -0.3 is 4.90 Å². The van der Waals surface area contributed by atoms with Crippen LogP contribution in [0.5, 0.6) is 0 Å². The fourth-order valence-electron chi connectivity index (χ4n) is 4.41. The molecule has 0 radical (unpaired) electrons. The molecule has 32 heavy (non-hydrogen) atoms. The SMILES string of the molecule is CC(C)(C)c1ccc(S(=O)(=O)N2CCC3(CC2)SCCN3C(=O)c2ccc(Br)cc2)cc1. The molecular formula is C24H29BrN2O3S2. The molecule has 0 unspecified atom stereocenters. The van der Waals surface area contributed by atoms with Crippen LogP contribution in [0.1, 0.15) is 49.5 Å². The molecule has 172 valence electrons. The summed E-state index contributed by atoms with van der Waals surface area (Å²) in [6.07, 6.45) is 1.28. The maximum absolute atomic E-state index is 13.3. The molecule has 8 heteroatoms. The van der Waals surface area contributed by atoms with E-state index in [4.69, 9.17) is 0 Å². The Morgan fingerprint density at radius 3 is 2.12 bits per heavy atom. The van der Waals surface area contributed by atoms with Gasteiger partial charge in [0.05, 0.1) is 9.77 Å². The van der Waals surface area contributed by atoms with Gasteiger partial charge in [0.25, 0.3) is 5.91 Å². The maximum Gasteiger partial charge on any atom is 0.254 e. The summed E-state index contributed by atoms with van der Waals surface area (Å²) in [6.45, 7) is 7.87. The largest absolute Gasteiger partial charge is 0.323 e. The fourth-order valence-corrected chi connectivity index (χ4v) is 7.57. The third kappa shape index (κ3) is 4.52. The lowest BCUT2D eigenvalue weighted by Crippen LogP contribution is -2.53. The van der Waals surface area contributed by atoms with E-state index in [-0.39, 0.29) is 16.2 Å². The highest BCUT2D eigenvalue weighted by molar-refractivity contribution is 9.10. The first kappa shape index (κ1) is 23.8. The second-order valence-corrected chi connectivity index (χ2v) is 13.7. The summed E-state index contributed by atoms with van der Waals surface area (Å²) in [6, 6.07) is 14.7. The molecule has 1 spiro atoms. The van der Waals surface area contributed by atoms with Crippen molar-refractivity contribution in [2.24, 2.45) is 0 Å². The van der Waals surface area contributed by atoms with Gasteiger partial charge in [-0.05, 0) is 60.2 Å². The van der Waals surface area contributed by atoms with Crippen LogP contribution in [0.15, 0.2) is 57.9 Å². The van der Waals surface area contributed by atoms with Crippen molar-refractivity contribution in [2.75, 3.05) is 25.4 Å². The van der Waals surface area contributed by atoms with Gasteiger partial charge in [-0.1, -0.05) is 48.8 Å². The Balaban J connectivity index is 1.49. The van der Waals surface area contributed by atoms with Crippen LogP contribution < -0.4 is 0 Å². The van der Waals surface area contributed by atoms with Crippen molar-refractivity contribution in [3.8, 4) is 0 Å². The first-order valence-electron chi connectivity index (χ1n) is 10.9. The zero-order valence-corrected chi connectivity index (χ0v) is 21.9. The molecule has 2 aliphatic rings. The smallest absolute Gasteiger partial charge is 0.254 e. The molecule has 2 aliphatic heterocycles. The van der Waals surface area contributed by atoms with Gasteiger partial charge in [0.2, 0.25) is 10.0 Å². The van der Waals surface area contributed by atoms with Crippen molar-refractivity contribution in [1.82, 2.24) is 9.21 Å². The number of sulfonamides is 1. The molecule has 0 saturated carbocycles. The lowest BCUT2D eigenvalue weighted by molar-refractivity contribution is 0.0605. The Labute approximate surface area is 203 Å². The zero-order valence-electron chi connectivity index (χ0n) is 18.7. The molecule has 2 aromatic carbocycles. The standard InChI is InChI=1S/C24H29BrN2O3S2/c1-23(2,3)19-6-10-21(11-7-19)32(29,30)26-14-12-24(13-15-26)27(16-17-31-24)22(28)18-4-8-20(25)9-5-18/h4-11H,12-17H2,1-3H3. The number of benzene rings is 2. The summed E-state index contributed by atoms with van der Waals surface area (Å²) in [5.41, 5.74) is 1.76. The molecule has 1 amide bonds. The molecule has 0 N–H and O–H groups in total. The molecular weight excluding hydrogens is 508 g/mol. The summed E-state index contributed by atoms with van der Waals surface area (Å²) in [5.74, 6) is 0.903. The van der Waals surface area contributed by atoms with E-state index in [2.05, 4.69) is 36.7 Å². The summed E-state index contributed by atoms with van der Waals surface area (Å²) < 4.78 is 29.0. The predicted molar refractivity (Wildman–Crippen MR) is 134 cm³/mol. The Hall–Kier alpha value is -1.35. The van der Waals surface area contributed by atoms with E-state index in [1.54, 1.807) is 28.2 Å². The number of hydrogen-bond donors (Lipinski definition) is 0. The molecule has 4 rings (SSSR count). The van der Waals surface area contributed by atoms with Gasteiger partial charge in [-0.3, -0.25) is 4.79 Å². The second-order valence-electron chi connectivity index (χ2n) is 9.44. The number of amides is 1. The van der Waals surface area contributed by atoms with Gasteiger partial charge in [-0.2, -0.15) is 4.31 Å². The predicted octanol–water partition coefficient (Wildman–Crippen LogP) is 5.12. The Morgan fingerprint density at radius 2 is 1.56 bits per heavy atom. The third-order valence-electron chi connectivity index (χ3n) is 6.38. The van der Waals surface area contributed by atoms with Crippen LogP contribution in [0, 0.1) is 0 Å². The van der Waals surface area contributed by atoms with Crippen molar-refractivity contribution in [2.45, 2.75) is 48.8 Å². The molecule has 0 aliphatic carbocycles. The van der Waals surface area contributed by atoms with Gasteiger partial charge in [-0.15, -0.1) is 11.8 Å². The number of nitrogens with zero attached hydrogens (tertiary/aromatic N) is 2. The quantitative estimate of drug-likeness (QED) is 0.546. The topological polar surface area (TPSA) is 57.7 Å². The van der Waals surface area contributed by atoms with Gasteiger partial charge in [-0.25, -0.2) is 8.42 Å². The summed E-state index contributed by atoms with van der Waals surface area (Å²) >= 11 is 5.20. The van der Waals surface area contributed by atoms with Gasteiger partial charge in [0, 0.05) is 35.4 Å². The number of halogens is 1. The highest BCUT2D eigenvalue weighted by Gasteiger charge is 2.48. The van der Waals surface area contributed by atoms with Crippen LogP contribution in [-0.4, -0.2) is 53.8 Å². The van der Waals surface area contributed by atoms with Crippen LogP contribution in [-0.2, 0) is 15.4 Å². The lowest BCUT2D eigenvalue weighted by atomic mass is 9.87. The minimum atomic E-state index is -3.55. The monoisotopic (exact) mass is 536 g/mol. The number of hydrogen-bond acceptors (Lipinski definition) is 4. The average molecular weight is 538 g/mol. The van der Waals surface area contributed by atoms with Crippen LogP contribution >= 0.6 is 27.7 Å². The van der Waals surface area contributed by atoms with E-state index in [9.17, 15) is 13.2 Å². The van der Waals surface area contributed by atoms with E-state index in [1.807, 2.05) is 41.3 Å². The molecule has 5 nitrogen and oxygen atoms in total. The Bertz CT molecular complexity index is 1090. The average Bonchev–Trinajstić information content (AvgIpc) is 3.16. The number of carbonyl (C=O) groups is 1. The van der Waals surface area contributed by atoms with Crippen LogP contribution in [0.3, 0.4) is 0 Å². The van der Waals surface area contributed by atoms with E-state index in [1.165, 1.54) is 0 Å². The van der Waals surface area contributed by atoms with Crippen LogP contribution in [0.2, 0.25) is 0 Å². The molecule has 2 heterocycles. The van der Waals surface area contributed by atoms with Crippen LogP contribution in [0.4, 0.5) is 0 Å². The maximum atomic E-state index is 13.3. The Kier molecular flexibility index (Phi) is 6.53. The van der Waals surface area contributed by atoms with Crippen LogP contribution in [0.25, 0.3) is 0 Å². The lowest BCUT2D eigenvalue weighted by Gasteiger charge is -2.43. The number of thioether (sulfide) groups is 1. The highest BCUT2D eigenvalue weighted by atomic mass is 79.9. The van der Waals surface area contributed by atoms with Gasteiger partial charge in [0.1, 0.15) is 0 Å². The van der Waals surface area contributed by atoms with E-state index in [0.717, 1.165) is 15.8 Å². The molecule has 0 atom stereocenters. The fraction of sp³-hybridized carbons (Fsp3) is 0.458. The van der Waals surface area contributed by atoms with Gasteiger partial charge >= 0.3 is 0 Å². The number of piperidine rings is 1.